The summed E-state index contributed by atoms with van der Waals surface area (Å²) in [5, 5.41) is 3.40. The maximum atomic E-state index is 11.5. The van der Waals surface area contributed by atoms with Crippen molar-refractivity contribution in [2.45, 2.75) is 6.54 Å². The fourth-order valence-electron chi connectivity index (χ4n) is 1.23. The van der Waals surface area contributed by atoms with Gasteiger partial charge in [0.2, 0.25) is 0 Å². The van der Waals surface area contributed by atoms with Crippen LogP contribution in [0.15, 0.2) is 36.9 Å². The predicted octanol–water partition coefficient (Wildman–Crippen LogP) is 2.67. The molecule has 0 unspecified atom stereocenters. The van der Waals surface area contributed by atoms with Crippen LogP contribution in [0.3, 0.4) is 0 Å². The third kappa shape index (κ3) is 3.95. The first-order valence-corrected chi connectivity index (χ1v) is 5.35. The van der Waals surface area contributed by atoms with Crippen LogP contribution in [0.4, 0.5) is 4.79 Å². The molecule has 1 N–H and O–H groups in total. The second-order valence-electron chi connectivity index (χ2n) is 3.46. The zero-order valence-electron chi connectivity index (χ0n) is 9.24. The Morgan fingerprint density at radius 1 is 1.50 bits per heavy atom. The molecule has 0 aliphatic rings. The molecule has 0 spiro atoms. The Labute approximate surface area is 101 Å². The highest BCUT2D eigenvalue weighted by molar-refractivity contribution is 6.30. The van der Waals surface area contributed by atoms with Crippen LogP contribution in [0.1, 0.15) is 5.56 Å². The first-order valence-electron chi connectivity index (χ1n) is 4.98. The Kier molecular flexibility index (Phi) is 4.86. The molecule has 0 radical (unpaired) electrons. The van der Waals surface area contributed by atoms with Gasteiger partial charge in [-0.25, -0.2) is 4.79 Å². The van der Waals surface area contributed by atoms with Gasteiger partial charge in [-0.1, -0.05) is 29.8 Å². The van der Waals surface area contributed by atoms with Gasteiger partial charge in [0.25, 0.3) is 0 Å². The normalized spacial score (nSPS) is 9.62. The molecule has 0 aliphatic heterocycles. The van der Waals surface area contributed by atoms with E-state index in [1.54, 1.807) is 18.0 Å². The van der Waals surface area contributed by atoms with Gasteiger partial charge < -0.3 is 10.2 Å². The molecule has 3 nitrogen and oxygen atoms in total. The van der Waals surface area contributed by atoms with E-state index < -0.39 is 0 Å². The number of halogens is 1. The van der Waals surface area contributed by atoms with Crippen molar-refractivity contribution in [1.29, 1.82) is 0 Å². The van der Waals surface area contributed by atoms with Crippen LogP contribution in [0.5, 0.6) is 0 Å². The van der Waals surface area contributed by atoms with Crippen molar-refractivity contribution in [2.75, 3.05) is 13.6 Å². The quantitative estimate of drug-likeness (QED) is 0.804. The van der Waals surface area contributed by atoms with Gasteiger partial charge in [-0.2, -0.15) is 0 Å². The van der Waals surface area contributed by atoms with E-state index in [9.17, 15) is 4.79 Å². The Bertz CT molecular complexity index is 362. The summed E-state index contributed by atoms with van der Waals surface area (Å²) in [6, 6.07) is 7.31. The summed E-state index contributed by atoms with van der Waals surface area (Å²) in [4.78, 5) is 13.1. The lowest BCUT2D eigenvalue weighted by Gasteiger charge is -2.17. The monoisotopic (exact) mass is 238 g/mol. The lowest BCUT2D eigenvalue weighted by Crippen LogP contribution is -2.36. The number of urea groups is 1. The molecule has 16 heavy (non-hydrogen) atoms. The van der Waals surface area contributed by atoms with Crippen molar-refractivity contribution < 1.29 is 4.79 Å². The summed E-state index contributed by atoms with van der Waals surface area (Å²) < 4.78 is 0. The third-order valence-corrected chi connectivity index (χ3v) is 2.33. The minimum absolute atomic E-state index is 0.116. The highest BCUT2D eigenvalue weighted by Crippen LogP contribution is 2.10. The van der Waals surface area contributed by atoms with E-state index in [-0.39, 0.29) is 6.03 Å². The van der Waals surface area contributed by atoms with E-state index in [0.717, 1.165) is 5.56 Å². The number of nitrogens with zero attached hydrogens (tertiary/aromatic N) is 1. The Morgan fingerprint density at radius 3 is 2.69 bits per heavy atom. The van der Waals surface area contributed by atoms with Crippen molar-refractivity contribution in [2.24, 2.45) is 0 Å². The fraction of sp³-hybridized carbons (Fsp3) is 0.250. The fourth-order valence-corrected chi connectivity index (χ4v) is 1.36. The van der Waals surface area contributed by atoms with Gasteiger partial charge in [0.05, 0.1) is 0 Å². The van der Waals surface area contributed by atoms with Gasteiger partial charge in [-0.15, -0.1) is 6.58 Å². The first-order chi connectivity index (χ1) is 7.63. The molecular weight excluding hydrogens is 224 g/mol. The lowest BCUT2D eigenvalue weighted by atomic mass is 10.2. The summed E-state index contributed by atoms with van der Waals surface area (Å²) in [7, 11) is 1.74. The van der Waals surface area contributed by atoms with E-state index in [2.05, 4.69) is 11.9 Å². The highest BCUT2D eigenvalue weighted by atomic mass is 35.5. The lowest BCUT2D eigenvalue weighted by molar-refractivity contribution is 0.208. The molecule has 0 aromatic heterocycles. The van der Waals surface area contributed by atoms with Crippen LogP contribution in [-0.2, 0) is 6.54 Å². The number of benzene rings is 1. The minimum Gasteiger partial charge on any atom is -0.335 e. The van der Waals surface area contributed by atoms with Crippen molar-refractivity contribution in [1.82, 2.24) is 10.2 Å². The molecule has 86 valence electrons. The molecule has 1 rings (SSSR count). The van der Waals surface area contributed by atoms with E-state index in [4.69, 9.17) is 11.6 Å². The molecular formula is C12H15ClN2O. The van der Waals surface area contributed by atoms with Gasteiger partial charge in [0.1, 0.15) is 0 Å². The molecule has 0 saturated heterocycles. The molecule has 0 aliphatic carbocycles. The number of carbonyl (C=O) groups is 1. The summed E-state index contributed by atoms with van der Waals surface area (Å²) in [6.07, 6.45) is 1.65. The molecule has 0 fully saturated rings. The van der Waals surface area contributed by atoms with E-state index in [0.29, 0.717) is 18.1 Å². The minimum atomic E-state index is -0.116. The van der Waals surface area contributed by atoms with Crippen LogP contribution in [0.25, 0.3) is 0 Å². The molecule has 0 heterocycles. The van der Waals surface area contributed by atoms with Crippen LogP contribution in [0, 0.1) is 0 Å². The smallest absolute Gasteiger partial charge is 0.317 e. The number of hydrogen-bond acceptors (Lipinski definition) is 1. The second-order valence-corrected chi connectivity index (χ2v) is 3.89. The maximum Gasteiger partial charge on any atom is 0.317 e. The number of nitrogens with one attached hydrogen (secondary N) is 1. The van der Waals surface area contributed by atoms with Crippen LogP contribution < -0.4 is 5.32 Å². The first kappa shape index (κ1) is 12.6. The zero-order valence-corrected chi connectivity index (χ0v) is 10.00. The Morgan fingerprint density at radius 2 is 2.12 bits per heavy atom. The molecule has 0 atom stereocenters. The van der Waals surface area contributed by atoms with Gasteiger partial charge in [0.15, 0.2) is 0 Å². The second kappa shape index (κ2) is 6.18. The summed E-state index contributed by atoms with van der Waals surface area (Å²) in [6.45, 7) is 4.57. The number of hydrogen-bond donors (Lipinski definition) is 1. The molecule has 2 amide bonds. The molecule has 4 heteroatoms. The number of carbonyl (C=O) groups excluding carboxylic acids is 1. The van der Waals surface area contributed by atoms with E-state index in [1.807, 2.05) is 24.3 Å². The molecule has 1 aromatic carbocycles. The average molecular weight is 239 g/mol. The van der Waals surface area contributed by atoms with Gasteiger partial charge in [-0.3, -0.25) is 0 Å². The van der Waals surface area contributed by atoms with Gasteiger partial charge >= 0.3 is 6.03 Å². The maximum absolute atomic E-state index is 11.5. The SMILES string of the molecule is C=CCNC(=O)N(C)Cc1ccc(Cl)cc1. The van der Waals surface area contributed by atoms with Crippen molar-refractivity contribution >= 4 is 17.6 Å². The van der Waals surface area contributed by atoms with E-state index in [1.165, 1.54) is 0 Å². The topological polar surface area (TPSA) is 32.3 Å². The number of amides is 2. The molecule has 0 bridgehead atoms. The van der Waals surface area contributed by atoms with Crippen molar-refractivity contribution in [3.8, 4) is 0 Å². The average Bonchev–Trinajstić information content (AvgIpc) is 2.29. The largest absolute Gasteiger partial charge is 0.335 e. The Balaban J connectivity index is 2.50. The summed E-state index contributed by atoms with van der Waals surface area (Å²) in [5.41, 5.74) is 1.04. The predicted molar refractivity (Wildman–Crippen MR) is 66.5 cm³/mol. The summed E-state index contributed by atoms with van der Waals surface area (Å²) in [5.74, 6) is 0. The van der Waals surface area contributed by atoms with Crippen molar-refractivity contribution in [3.63, 3.8) is 0 Å². The van der Waals surface area contributed by atoms with Crippen LogP contribution in [0.2, 0.25) is 5.02 Å². The third-order valence-electron chi connectivity index (χ3n) is 2.08. The Hall–Kier alpha value is -1.48. The zero-order chi connectivity index (χ0) is 12.0. The highest BCUT2D eigenvalue weighted by Gasteiger charge is 2.07. The van der Waals surface area contributed by atoms with Gasteiger partial charge in [0, 0.05) is 25.2 Å². The van der Waals surface area contributed by atoms with Gasteiger partial charge in [-0.05, 0) is 17.7 Å². The molecule has 0 saturated carbocycles. The van der Waals surface area contributed by atoms with Crippen LogP contribution in [-0.4, -0.2) is 24.5 Å². The standard InChI is InChI=1S/C12H15ClN2O/c1-3-8-14-12(16)15(2)9-10-4-6-11(13)7-5-10/h3-7H,1,8-9H2,2H3,(H,14,16). The van der Waals surface area contributed by atoms with E-state index >= 15 is 0 Å². The summed E-state index contributed by atoms with van der Waals surface area (Å²) >= 11 is 5.78. The number of rotatable bonds is 4. The van der Waals surface area contributed by atoms with Crippen molar-refractivity contribution in [3.05, 3.63) is 47.5 Å². The van der Waals surface area contributed by atoms with Crippen LogP contribution >= 0.6 is 11.6 Å². The molecule has 1 aromatic rings.